The molecule has 0 aliphatic heterocycles. The van der Waals surface area contributed by atoms with Crippen LogP contribution in [-0.4, -0.2) is 60.7 Å². The van der Waals surface area contributed by atoms with E-state index in [0.29, 0.717) is 17.1 Å². The van der Waals surface area contributed by atoms with Crippen LogP contribution in [0.3, 0.4) is 0 Å². The lowest BCUT2D eigenvalue weighted by Crippen LogP contribution is -2.54. The topological polar surface area (TPSA) is 131 Å². The maximum atomic E-state index is 13.1. The van der Waals surface area contributed by atoms with Crippen molar-refractivity contribution in [3.63, 3.8) is 0 Å². The Hall–Kier alpha value is -3.53. The number of amides is 2. The highest BCUT2D eigenvalue weighted by molar-refractivity contribution is 8.00. The third kappa shape index (κ3) is 9.41. The van der Waals surface area contributed by atoms with E-state index in [1.807, 2.05) is 32.0 Å². The Labute approximate surface area is 227 Å². The first-order valence-electron chi connectivity index (χ1n) is 12.2. The number of nitrogens with one attached hydrogen (secondary N) is 2. The molecule has 0 aromatic heterocycles. The molecule has 0 heterocycles. The molecule has 2 rings (SSSR count). The van der Waals surface area contributed by atoms with E-state index in [9.17, 15) is 24.3 Å². The number of Topliss-reactive ketones (excluding diaryl/α,β-unsaturated/α-hetero) is 1. The number of benzene rings is 2. The summed E-state index contributed by atoms with van der Waals surface area (Å²) in [6.45, 7) is 7.41. The van der Waals surface area contributed by atoms with Gasteiger partial charge in [0.05, 0.1) is 38.9 Å². The number of methoxy groups -OCH3 is 2. The molecule has 0 radical (unpaired) electrons. The van der Waals surface area contributed by atoms with Crippen LogP contribution >= 0.6 is 11.8 Å². The van der Waals surface area contributed by atoms with Crippen LogP contribution < -0.4 is 20.1 Å². The van der Waals surface area contributed by atoms with E-state index in [4.69, 9.17) is 9.47 Å². The number of thioether (sulfide) groups is 1. The molecule has 2 aromatic carbocycles. The van der Waals surface area contributed by atoms with Crippen molar-refractivity contribution in [3.05, 3.63) is 53.1 Å². The second-order valence-corrected chi connectivity index (χ2v) is 10.4. The summed E-state index contributed by atoms with van der Waals surface area (Å²) < 4.78 is 10.5. The second kappa shape index (κ2) is 14.4. The maximum Gasteiger partial charge on any atom is 0.305 e. The molecule has 0 aliphatic carbocycles. The summed E-state index contributed by atoms with van der Waals surface area (Å²) in [5, 5.41) is 14.6. The predicted molar refractivity (Wildman–Crippen MR) is 146 cm³/mol. The molecule has 0 saturated carbocycles. The molecule has 3 N–H and O–H groups in total. The van der Waals surface area contributed by atoms with Gasteiger partial charge in [-0.1, -0.05) is 19.9 Å². The lowest BCUT2D eigenvalue weighted by Gasteiger charge is -2.25. The van der Waals surface area contributed by atoms with Gasteiger partial charge in [-0.25, -0.2) is 0 Å². The van der Waals surface area contributed by atoms with Crippen molar-refractivity contribution in [2.45, 2.75) is 57.5 Å². The number of rotatable bonds is 14. The molecule has 0 spiro atoms. The number of carbonyl (C=O) groups is 4. The number of carboxylic acid groups (broad SMARTS) is 1. The van der Waals surface area contributed by atoms with E-state index >= 15 is 0 Å². The van der Waals surface area contributed by atoms with Crippen molar-refractivity contribution in [2.24, 2.45) is 5.92 Å². The first-order chi connectivity index (χ1) is 17.9. The molecule has 10 heteroatoms. The smallest absolute Gasteiger partial charge is 0.305 e. The minimum atomic E-state index is -1.23. The van der Waals surface area contributed by atoms with E-state index in [1.54, 1.807) is 32.0 Å². The van der Waals surface area contributed by atoms with Crippen molar-refractivity contribution in [1.82, 2.24) is 10.6 Å². The van der Waals surface area contributed by atoms with Crippen molar-refractivity contribution in [3.8, 4) is 11.5 Å². The lowest BCUT2D eigenvalue weighted by atomic mass is 10.0. The normalized spacial score (nSPS) is 12.4. The third-order valence-corrected chi connectivity index (χ3v) is 6.76. The Morgan fingerprint density at radius 2 is 1.61 bits per heavy atom. The highest BCUT2D eigenvalue weighted by Gasteiger charge is 2.30. The molecular formula is C28H36N2O7S. The fourth-order valence-electron chi connectivity index (χ4n) is 3.91. The standard InChI is InChI=1S/C28H36N2O7S/c1-16(2)27(30-25(32)13-19-12-20(36-5)7-8-24(19)37-6)28(35)29-22(14-26(33)34)23(31)15-38-21-10-17(3)9-18(4)11-21/h7-12,16,22,27H,13-15H2,1-6H3,(H,29,35)(H,30,32)(H,33,34)/t22-,27-/m0/s1. The molecule has 2 aromatic rings. The van der Waals surface area contributed by atoms with Gasteiger partial charge in [0.1, 0.15) is 17.5 Å². The zero-order valence-corrected chi connectivity index (χ0v) is 23.4. The average Bonchev–Trinajstić information content (AvgIpc) is 2.84. The monoisotopic (exact) mass is 544 g/mol. The van der Waals surface area contributed by atoms with Gasteiger partial charge in [0, 0.05) is 10.5 Å². The molecule has 0 bridgehead atoms. The van der Waals surface area contributed by atoms with Gasteiger partial charge >= 0.3 is 5.97 Å². The number of ketones is 1. The summed E-state index contributed by atoms with van der Waals surface area (Å²) in [5.41, 5.74) is 2.68. The summed E-state index contributed by atoms with van der Waals surface area (Å²) >= 11 is 1.29. The van der Waals surface area contributed by atoms with Gasteiger partial charge in [0.25, 0.3) is 0 Å². The zero-order chi connectivity index (χ0) is 28.4. The first-order valence-corrected chi connectivity index (χ1v) is 13.2. The van der Waals surface area contributed by atoms with Crippen molar-refractivity contribution < 1.29 is 33.8 Å². The number of aliphatic carboxylic acids is 1. The fraction of sp³-hybridized carbons (Fsp3) is 0.429. The number of aryl methyl sites for hydroxylation is 2. The van der Waals surface area contributed by atoms with Gasteiger partial charge in [-0.2, -0.15) is 0 Å². The van der Waals surface area contributed by atoms with Crippen LogP contribution in [0.4, 0.5) is 0 Å². The van der Waals surface area contributed by atoms with Crippen LogP contribution in [0, 0.1) is 19.8 Å². The van der Waals surface area contributed by atoms with Crippen molar-refractivity contribution >= 4 is 35.3 Å². The molecule has 0 saturated heterocycles. The van der Waals surface area contributed by atoms with Crippen LogP contribution in [0.5, 0.6) is 11.5 Å². The molecular weight excluding hydrogens is 508 g/mol. The zero-order valence-electron chi connectivity index (χ0n) is 22.6. The minimum Gasteiger partial charge on any atom is -0.497 e. The fourth-order valence-corrected chi connectivity index (χ4v) is 4.95. The van der Waals surface area contributed by atoms with Crippen LogP contribution in [0.25, 0.3) is 0 Å². The summed E-state index contributed by atoms with van der Waals surface area (Å²) in [7, 11) is 3.01. The number of ether oxygens (including phenoxy) is 2. The number of hydrogen-bond acceptors (Lipinski definition) is 7. The van der Waals surface area contributed by atoms with Crippen LogP contribution in [0.1, 0.15) is 37.0 Å². The lowest BCUT2D eigenvalue weighted by molar-refractivity contribution is -0.140. The molecule has 9 nitrogen and oxygen atoms in total. The molecule has 38 heavy (non-hydrogen) atoms. The third-order valence-electron chi connectivity index (χ3n) is 5.76. The van der Waals surface area contributed by atoms with E-state index in [-0.39, 0.29) is 18.1 Å². The highest BCUT2D eigenvalue weighted by Crippen LogP contribution is 2.25. The molecule has 2 atom stereocenters. The Morgan fingerprint density at radius 1 is 0.947 bits per heavy atom. The van der Waals surface area contributed by atoms with Gasteiger partial charge in [-0.15, -0.1) is 11.8 Å². The van der Waals surface area contributed by atoms with Crippen molar-refractivity contribution in [1.29, 1.82) is 0 Å². The molecule has 0 unspecified atom stereocenters. The number of hydrogen-bond donors (Lipinski definition) is 3. The Morgan fingerprint density at radius 3 is 2.16 bits per heavy atom. The van der Waals surface area contributed by atoms with Crippen molar-refractivity contribution in [2.75, 3.05) is 20.0 Å². The van der Waals surface area contributed by atoms with E-state index in [1.165, 1.54) is 26.0 Å². The van der Waals surface area contributed by atoms with Crippen LogP contribution in [0.2, 0.25) is 0 Å². The van der Waals surface area contributed by atoms with Gasteiger partial charge < -0.3 is 25.2 Å². The Balaban J connectivity index is 2.10. The summed E-state index contributed by atoms with van der Waals surface area (Å²) in [4.78, 5) is 51.3. The number of carbonyl (C=O) groups excluding carboxylic acids is 3. The van der Waals surface area contributed by atoms with Gasteiger partial charge in [0.15, 0.2) is 5.78 Å². The van der Waals surface area contributed by atoms with Gasteiger partial charge in [-0.3, -0.25) is 19.2 Å². The SMILES string of the molecule is COc1ccc(OC)c(CC(=O)N[C@H](C(=O)N[C@@H](CC(=O)O)C(=O)CSc2cc(C)cc(C)c2)C(C)C)c1. The first kappa shape index (κ1) is 30.7. The molecule has 2 amide bonds. The van der Waals surface area contributed by atoms with Crippen LogP contribution in [0.15, 0.2) is 41.3 Å². The van der Waals surface area contributed by atoms with Gasteiger partial charge in [-0.05, 0) is 61.2 Å². The predicted octanol–water partition coefficient (Wildman–Crippen LogP) is 3.32. The summed E-state index contributed by atoms with van der Waals surface area (Å²) in [6, 6.07) is 8.77. The maximum absolute atomic E-state index is 13.1. The molecule has 0 fully saturated rings. The summed E-state index contributed by atoms with van der Waals surface area (Å²) in [6.07, 6.45) is -0.626. The number of carboxylic acids is 1. The second-order valence-electron chi connectivity index (χ2n) is 9.38. The van der Waals surface area contributed by atoms with Crippen LogP contribution in [-0.2, 0) is 25.6 Å². The molecule has 206 valence electrons. The van der Waals surface area contributed by atoms with E-state index in [2.05, 4.69) is 10.6 Å². The molecule has 0 aliphatic rings. The Bertz CT molecular complexity index is 1150. The Kier molecular flexibility index (Phi) is 11.6. The quantitative estimate of drug-likeness (QED) is 0.309. The largest absolute Gasteiger partial charge is 0.497 e. The van der Waals surface area contributed by atoms with E-state index < -0.39 is 42.1 Å². The summed E-state index contributed by atoms with van der Waals surface area (Å²) in [5.74, 6) is -1.96. The average molecular weight is 545 g/mol. The minimum absolute atomic E-state index is 0.00450. The van der Waals surface area contributed by atoms with E-state index in [0.717, 1.165) is 16.0 Å². The van der Waals surface area contributed by atoms with Gasteiger partial charge in [0.2, 0.25) is 11.8 Å². The highest BCUT2D eigenvalue weighted by atomic mass is 32.2.